The van der Waals surface area contributed by atoms with Gasteiger partial charge in [-0.1, -0.05) is 179 Å². The van der Waals surface area contributed by atoms with E-state index in [1.165, 1.54) is 116 Å². The van der Waals surface area contributed by atoms with Crippen LogP contribution in [0.3, 0.4) is 0 Å². The Morgan fingerprint density at radius 1 is 0.500 bits per heavy atom. The number of allylic oxidation sites excluding steroid dienone is 6. The summed E-state index contributed by atoms with van der Waals surface area (Å²) in [6.45, 7) is 3.64. The molecular formula is C43H79O8P. The summed E-state index contributed by atoms with van der Waals surface area (Å²) < 4.78 is 26.4. The smallest absolute Gasteiger partial charge is 0.462 e. The van der Waals surface area contributed by atoms with E-state index in [1.807, 2.05) is 0 Å². The average molecular weight is 755 g/mol. The number of hydrogen-bond donors (Lipinski definition) is 2. The molecule has 0 spiro atoms. The van der Waals surface area contributed by atoms with Gasteiger partial charge in [-0.3, -0.25) is 14.1 Å². The first kappa shape index (κ1) is 50.3. The van der Waals surface area contributed by atoms with Crippen molar-refractivity contribution in [3.05, 3.63) is 36.5 Å². The Hall–Kier alpha value is -1.73. The molecule has 0 unspecified atom stereocenters. The van der Waals surface area contributed by atoms with Crippen LogP contribution in [0.15, 0.2) is 36.5 Å². The number of carbonyl (C=O) groups is 2. The zero-order chi connectivity index (χ0) is 38.2. The molecule has 0 bridgehead atoms. The van der Waals surface area contributed by atoms with Crippen LogP contribution in [0.25, 0.3) is 0 Å². The minimum atomic E-state index is -4.76. The molecule has 0 heterocycles. The Morgan fingerprint density at radius 3 is 1.33 bits per heavy atom. The van der Waals surface area contributed by atoms with Gasteiger partial charge in [0.1, 0.15) is 6.61 Å². The highest BCUT2D eigenvalue weighted by molar-refractivity contribution is 7.46. The zero-order valence-electron chi connectivity index (χ0n) is 33.5. The lowest BCUT2D eigenvalue weighted by molar-refractivity contribution is -0.161. The summed E-state index contributed by atoms with van der Waals surface area (Å²) in [6.07, 6.45) is 45.8. The predicted molar refractivity (Wildman–Crippen MR) is 216 cm³/mol. The van der Waals surface area contributed by atoms with E-state index in [1.54, 1.807) is 0 Å². The molecule has 0 aromatic carbocycles. The molecule has 0 aliphatic rings. The first-order valence-corrected chi connectivity index (χ1v) is 22.8. The molecule has 9 heteroatoms. The van der Waals surface area contributed by atoms with Gasteiger partial charge >= 0.3 is 19.8 Å². The Balaban J connectivity index is 3.93. The second kappa shape index (κ2) is 39.0. The highest BCUT2D eigenvalue weighted by Crippen LogP contribution is 2.36. The highest BCUT2D eigenvalue weighted by Gasteiger charge is 2.22. The molecule has 2 N–H and O–H groups in total. The fourth-order valence-electron chi connectivity index (χ4n) is 5.97. The van der Waals surface area contributed by atoms with Crippen molar-refractivity contribution in [2.45, 2.75) is 213 Å². The maximum absolute atomic E-state index is 12.4. The van der Waals surface area contributed by atoms with Crippen molar-refractivity contribution in [1.82, 2.24) is 0 Å². The van der Waals surface area contributed by atoms with Gasteiger partial charge in [0.2, 0.25) is 0 Å². The van der Waals surface area contributed by atoms with E-state index in [2.05, 4.69) is 54.8 Å². The Morgan fingerprint density at radius 2 is 0.865 bits per heavy atom. The van der Waals surface area contributed by atoms with Gasteiger partial charge in [-0.2, -0.15) is 0 Å². The minimum absolute atomic E-state index is 0.207. The van der Waals surface area contributed by atoms with E-state index in [-0.39, 0.29) is 19.4 Å². The molecule has 0 aliphatic heterocycles. The summed E-state index contributed by atoms with van der Waals surface area (Å²) in [5.74, 6) is -0.923. The first-order valence-electron chi connectivity index (χ1n) is 21.3. The third kappa shape index (κ3) is 41.0. The molecule has 0 aliphatic carbocycles. The van der Waals surface area contributed by atoms with E-state index in [9.17, 15) is 14.2 Å². The number of esters is 2. The average Bonchev–Trinajstić information content (AvgIpc) is 3.11. The van der Waals surface area contributed by atoms with E-state index >= 15 is 0 Å². The largest absolute Gasteiger partial charge is 0.469 e. The van der Waals surface area contributed by atoms with Crippen LogP contribution in [-0.4, -0.2) is 41.0 Å². The van der Waals surface area contributed by atoms with E-state index in [0.717, 1.165) is 51.4 Å². The Kier molecular flexibility index (Phi) is 37.7. The second-order valence-corrected chi connectivity index (χ2v) is 15.6. The van der Waals surface area contributed by atoms with Crippen molar-refractivity contribution in [2.24, 2.45) is 0 Å². The molecule has 304 valence electrons. The molecule has 52 heavy (non-hydrogen) atoms. The number of unbranched alkanes of at least 4 members (excludes halogenated alkanes) is 23. The topological polar surface area (TPSA) is 119 Å². The minimum Gasteiger partial charge on any atom is -0.462 e. The number of ether oxygens (including phenoxy) is 2. The standard InChI is InChI=1S/C43H79O8P/c1-3-5-7-9-11-13-15-17-19-20-21-22-24-26-28-30-32-34-36-38-43(45)51-41(40-50-52(46,47)48)39-49-42(44)37-35-33-31-29-27-25-23-18-16-14-12-10-8-6-4-2/h12,14,18,23,27,29,41H,3-11,13,15-17,19-22,24-26,28,30-40H2,1-2H3,(H2,46,47,48)/b14-12-,23-18-,29-27-/t41-/m1/s1. The lowest BCUT2D eigenvalue weighted by Gasteiger charge is -2.18. The van der Waals surface area contributed by atoms with Gasteiger partial charge < -0.3 is 19.3 Å². The Labute approximate surface area is 319 Å². The van der Waals surface area contributed by atoms with Crippen LogP contribution < -0.4 is 0 Å². The summed E-state index contributed by atoms with van der Waals surface area (Å²) >= 11 is 0. The lowest BCUT2D eigenvalue weighted by atomic mass is 10.0. The first-order chi connectivity index (χ1) is 25.3. The van der Waals surface area contributed by atoms with Crippen LogP contribution in [0.2, 0.25) is 0 Å². The van der Waals surface area contributed by atoms with Crippen molar-refractivity contribution in [3.63, 3.8) is 0 Å². The number of phosphoric ester groups is 1. The summed E-state index contributed by atoms with van der Waals surface area (Å²) in [4.78, 5) is 42.8. The molecule has 0 aromatic rings. The van der Waals surface area contributed by atoms with Crippen LogP contribution in [0, 0.1) is 0 Å². The number of hydrogen-bond acceptors (Lipinski definition) is 6. The molecular weight excluding hydrogens is 675 g/mol. The number of phosphoric acid groups is 1. The van der Waals surface area contributed by atoms with Crippen molar-refractivity contribution < 1.29 is 37.9 Å². The zero-order valence-corrected chi connectivity index (χ0v) is 34.4. The van der Waals surface area contributed by atoms with Crippen molar-refractivity contribution >= 4 is 19.8 Å². The molecule has 0 amide bonds. The quantitative estimate of drug-likeness (QED) is 0.0275. The molecule has 0 radical (unpaired) electrons. The lowest BCUT2D eigenvalue weighted by Crippen LogP contribution is -2.29. The van der Waals surface area contributed by atoms with Gasteiger partial charge in [0.25, 0.3) is 0 Å². The maximum atomic E-state index is 12.4. The fraction of sp³-hybridized carbons (Fsp3) is 0.814. The summed E-state index contributed by atoms with van der Waals surface area (Å²) in [7, 11) is -4.76. The third-order valence-electron chi connectivity index (χ3n) is 9.16. The van der Waals surface area contributed by atoms with Crippen molar-refractivity contribution in [2.75, 3.05) is 13.2 Å². The van der Waals surface area contributed by atoms with E-state index < -0.39 is 32.5 Å². The Bertz CT molecular complexity index is 941. The van der Waals surface area contributed by atoms with Crippen LogP contribution in [0.4, 0.5) is 0 Å². The van der Waals surface area contributed by atoms with E-state index in [0.29, 0.717) is 12.8 Å². The van der Waals surface area contributed by atoms with Gasteiger partial charge in [0.05, 0.1) is 6.61 Å². The van der Waals surface area contributed by atoms with E-state index in [4.69, 9.17) is 19.3 Å². The van der Waals surface area contributed by atoms with Crippen LogP contribution in [-0.2, 0) is 28.2 Å². The summed E-state index contributed by atoms with van der Waals surface area (Å²) in [5, 5.41) is 0. The van der Waals surface area contributed by atoms with Crippen LogP contribution >= 0.6 is 7.82 Å². The predicted octanol–water partition coefficient (Wildman–Crippen LogP) is 13.0. The van der Waals surface area contributed by atoms with Gasteiger partial charge in [-0.25, -0.2) is 4.57 Å². The van der Waals surface area contributed by atoms with Gasteiger partial charge in [0, 0.05) is 12.8 Å². The maximum Gasteiger partial charge on any atom is 0.469 e. The fourth-order valence-corrected chi connectivity index (χ4v) is 6.33. The number of carbonyl (C=O) groups excluding carboxylic acids is 2. The number of rotatable bonds is 39. The van der Waals surface area contributed by atoms with Gasteiger partial charge in [-0.15, -0.1) is 0 Å². The summed E-state index contributed by atoms with van der Waals surface area (Å²) in [5.41, 5.74) is 0. The highest BCUT2D eigenvalue weighted by atomic mass is 31.2. The molecule has 0 saturated carbocycles. The van der Waals surface area contributed by atoms with Crippen LogP contribution in [0.1, 0.15) is 206 Å². The second-order valence-electron chi connectivity index (χ2n) is 14.3. The molecule has 0 rings (SSSR count). The van der Waals surface area contributed by atoms with Crippen molar-refractivity contribution in [1.29, 1.82) is 0 Å². The van der Waals surface area contributed by atoms with Crippen molar-refractivity contribution in [3.8, 4) is 0 Å². The molecule has 0 aromatic heterocycles. The molecule has 8 nitrogen and oxygen atoms in total. The van der Waals surface area contributed by atoms with Gasteiger partial charge in [0.15, 0.2) is 6.10 Å². The third-order valence-corrected chi connectivity index (χ3v) is 9.65. The monoisotopic (exact) mass is 755 g/mol. The van der Waals surface area contributed by atoms with Gasteiger partial charge in [-0.05, 0) is 51.4 Å². The normalized spacial score (nSPS) is 12.8. The molecule has 0 fully saturated rings. The molecule has 1 atom stereocenters. The molecule has 0 saturated heterocycles. The SMILES string of the molecule is CCCCC/C=C\C/C=C\C/C=C\CCCCC(=O)OC[C@H](COP(=O)(O)O)OC(=O)CCCCCCCCCCCCCCCCCCCCC. The van der Waals surface area contributed by atoms with Crippen LogP contribution in [0.5, 0.6) is 0 Å². The summed E-state index contributed by atoms with van der Waals surface area (Å²) in [6, 6.07) is 0.